The second-order valence-corrected chi connectivity index (χ2v) is 6.38. The quantitative estimate of drug-likeness (QED) is 0.595. The molecule has 0 radical (unpaired) electrons. The van der Waals surface area contributed by atoms with Crippen LogP contribution < -0.4 is 14.8 Å². The van der Waals surface area contributed by atoms with Crippen LogP contribution >= 0.6 is 11.3 Å². The van der Waals surface area contributed by atoms with E-state index in [2.05, 4.69) is 20.3 Å². The smallest absolute Gasteiger partial charge is 0.257 e. The molecule has 1 N–H and O–H groups in total. The minimum absolute atomic E-state index is 0.269. The summed E-state index contributed by atoms with van der Waals surface area (Å²) in [7, 11) is 3.17. The Morgan fingerprint density at radius 2 is 1.73 bits per heavy atom. The Kier molecular flexibility index (Phi) is 4.10. The van der Waals surface area contributed by atoms with Crippen molar-refractivity contribution >= 4 is 43.6 Å². The van der Waals surface area contributed by atoms with E-state index in [1.807, 2.05) is 6.07 Å². The highest BCUT2D eigenvalue weighted by molar-refractivity contribution is 7.22. The fraction of sp³-hybridized carbons (Fsp3) is 0.111. The Morgan fingerprint density at radius 3 is 2.50 bits per heavy atom. The van der Waals surface area contributed by atoms with Crippen LogP contribution in [0.3, 0.4) is 0 Å². The molecule has 0 aliphatic heterocycles. The molecule has 0 aliphatic rings. The number of aromatic nitrogens is 3. The van der Waals surface area contributed by atoms with Crippen LogP contribution in [-0.4, -0.2) is 35.1 Å². The summed E-state index contributed by atoms with van der Waals surface area (Å²) in [4.78, 5) is 25.5. The number of hydrogen-bond acceptors (Lipinski definition) is 7. The number of anilines is 1. The first kappa shape index (κ1) is 16.2. The van der Waals surface area contributed by atoms with Gasteiger partial charge in [0.25, 0.3) is 5.91 Å². The normalized spacial score (nSPS) is 10.8. The zero-order valence-corrected chi connectivity index (χ0v) is 14.8. The number of fused-ring (bicyclic) bond motifs is 2. The molecule has 26 heavy (non-hydrogen) atoms. The number of nitrogens with zero attached hydrogens (tertiary/aromatic N) is 3. The van der Waals surface area contributed by atoms with Gasteiger partial charge < -0.3 is 9.47 Å². The summed E-state index contributed by atoms with van der Waals surface area (Å²) in [6.07, 6.45) is 3.21. The lowest BCUT2D eigenvalue weighted by atomic mass is 10.2. The summed E-state index contributed by atoms with van der Waals surface area (Å²) >= 11 is 1.33. The van der Waals surface area contributed by atoms with E-state index < -0.39 is 0 Å². The van der Waals surface area contributed by atoms with Crippen LogP contribution in [0.4, 0.5) is 5.13 Å². The number of carbonyl (C=O) groups excluding carboxylic acids is 1. The molecule has 0 unspecified atom stereocenters. The predicted octanol–water partition coefficient (Wildman–Crippen LogP) is 3.51. The first-order chi connectivity index (χ1) is 12.7. The number of benzene rings is 2. The van der Waals surface area contributed by atoms with Crippen molar-refractivity contribution in [3.8, 4) is 11.5 Å². The molecule has 7 nitrogen and oxygen atoms in total. The second kappa shape index (κ2) is 6.57. The van der Waals surface area contributed by atoms with Crippen molar-refractivity contribution in [2.24, 2.45) is 0 Å². The predicted molar refractivity (Wildman–Crippen MR) is 100 cm³/mol. The van der Waals surface area contributed by atoms with Gasteiger partial charge in [-0.25, -0.2) is 4.98 Å². The van der Waals surface area contributed by atoms with Crippen molar-refractivity contribution < 1.29 is 14.3 Å². The largest absolute Gasteiger partial charge is 0.495 e. The minimum Gasteiger partial charge on any atom is -0.495 e. The first-order valence-electron chi connectivity index (χ1n) is 7.73. The van der Waals surface area contributed by atoms with Gasteiger partial charge in [-0.1, -0.05) is 11.3 Å². The SMILES string of the molecule is COc1ccc(OC)c2sc(NC(=O)c3ccc4nccnc4c3)nc12. The molecule has 8 heteroatoms. The summed E-state index contributed by atoms with van der Waals surface area (Å²) in [6, 6.07) is 8.77. The van der Waals surface area contributed by atoms with E-state index in [1.54, 1.807) is 50.9 Å². The fourth-order valence-corrected chi connectivity index (χ4v) is 3.58. The molecular weight excluding hydrogens is 352 g/mol. The summed E-state index contributed by atoms with van der Waals surface area (Å²) in [5, 5.41) is 3.29. The molecule has 2 aromatic heterocycles. The van der Waals surface area contributed by atoms with Crippen LogP contribution in [0.2, 0.25) is 0 Å². The number of rotatable bonds is 4. The highest BCUT2D eigenvalue weighted by Gasteiger charge is 2.16. The van der Waals surface area contributed by atoms with Crippen LogP contribution in [0.5, 0.6) is 11.5 Å². The first-order valence-corrected chi connectivity index (χ1v) is 8.55. The van der Waals surface area contributed by atoms with Gasteiger partial charge in [-0.15, -0.1) is 0 Å². The minimum atomic E-state index is -0.269. The molecule has 2 aromatic carbocycles. The molecule has 2 heterocycles. The zero-order valence-electron chi connectivity index (χ0n) is 14.0. The van der Waals surface area contributed by atoms with E-state index in [1.165, 1.54) is 11.3 Å². The maximum Gasteiger partial charge on any atom is 0.257 e. The number of amides is 1. The van der Waals surface area contributed by atoms with E-state index in [0.717, 1.165) is 10.2 Å². The van der Waals surface area contributed by atoms with E-state index in [0.29, 0.717) is 33.2 Å². The highest BCUT2D eigenvalue weighted by Crippen LogP contribution is 2.38. The Morgan fingerprint density at radius 1 is 1.00 bits per heavy atom. The number of nitrogens with one attached hydrogen (secondary N) is 1. The Balaban J connectivity index is 1.68. The van der Waals surface area contributed by atoms with E-state index in [-0.39, 0.29) is 5.91 Å². The topological polar surface area (TPSA) is 86.2 Å². The van der Waals surface area contributed by atoms with Crippen LogP contribution in [0, 0.1) is 0 Å². The third-order valence-corrected chi connectivity index (χ3v) is 4.85. The van der Waals surface area contributed by atoms with Crippen molar-refractivity contribution in [1.29, 1.82) is 0 Å². The molecule has 4 aromatic rings. The van der Waals surface area contributed by atoms with Crippen molar-refractivity contribution in [1.82, 2.24) is 15.0 Å². The van der Waals surface area contributed by atoms with Crippen molar-refractivity contribution in [2.75, 3.05) is 19.5 Å². The molecular formula is C18H14N4O3S. The van der Waals surface area contributed by atoms with Gasteiger partial charge in [0.15, 0.2) is 5.13 Å². The zero-order chi connectivity index (χ0) is 18.1. The molecule has 0 spiro atoms. The monoisotopic (exact) mass is 366 g/mol. The summed E-state index contributed by atoms with van der Waals surface area (Å²) in [5.74, 6) is 1.04. The Hall–Kier alpha value is -3.26. The van der Waals surface area contributed by atoms with Crippen LogP contribution in [0.15, 0.2) is 42.7 Å². The van der Waals surface area contributed by atoms with E-state index >= 15 is 0 Å². The molecule has 0 saturated heterocycles. The van der Waals surface area contributed by atoms with Gasteiger partial charge in [0, 0.05) is 18.0 Å². The number of methoxy groups -OCH3 is 2. The molecule has 1 amide bonds. The molecule has 0 atom stereocenters. The maximum atomic E-state index is 12.6. The molecule has 130 valence electrons. The van der Waals surface area contributed by atoms with Gasteiger partial charge in [-0.2, -0.15) is 0 Å². The van der Waals surface area contributed by atoms with E-state index in [9.17, 15) is 4.79 Å². The third kappa shape index (κ3) is 2.80. The summed E-state index contributed by atoms with van der Waals surface area (Å²) < 4.78 is 11.5. The molecule has 0 fully saturated rings. The summed E-state index contributed by atoms with van der Waals surface area (Å²) in [5.41, 5.74) is 2.53. The van der Waals surface area contributed by atoms with Crippen LogP contribution in [0.1, 0.15) is 10.4 Å². The van der Waals surface area contributed by atoms with Gasteiger partial charge in [0.2, 0.25) is 0 Å². The lowest BCUT2D eigenvalue weighted by Crippen LogP contribution is -2.11. The van der Waals surface area contributed by atoms with Gasteiger partial charge in [0.1, 0.15) is 21.7 Å². The number of hydrogen-bond donors (Lipinski definition) is 1. The van der Waals surface area contributed by atoms with Gasteiger partial charge in [0.05, 0.1) is 25.3 Å². The maximum absolute atomic E-state index is 12.6. The second-order valence-electron chi connectivity index (χ2n) is 5.38. The average Bonchev–Trinajstić information content (AvgIpc) is 3.10. The van der Waals surface area contributed by atoms with Crippen LogP contribution in [0.25, 0.3) is 21.3 Å². The average molecular weight is 366 g/mol. The lowest BCUT2D eigenvalue weighted by molar-refractivity contribution is 0.102. The fourth-order valence-electron chi connectivity index (χ4n) is 2.61. The molecule has 4 rings (SSSR count). The van der Waals surface area contributed by atoms with Gasteiger partial charge >= 0.3 is 0 Å². The number of ether oxygens (including phenoxy) is 2. The Labute approximate surface area is 152 Å². The molecule has 0 aliphatic carbocycles. The molecule has 0 saturated carbocycles. The lowest BCUT2D eigenvalue weighted by Gasteiger charge is -2.03. The van der Waals surface area contributed by atoms with Gasteiger partial charge in [-0.3, -0.25) is 20.1 Å². The van der Waals surface area contributed by atoms with Crippen molar-refractivity contribution in [3.63, 3.8) is 0 Å². The Bertz CT molecular complexity index is 1090. The number of thiazole rings is 1. The van der Waals surface area contributed by atoms with Crippen molar-refractivity contribution in [3.05, 3.63) is 48.3 Å². The van der Waals surface area contributed by atoms with E-state index in [4.69, 9.17) is 9.47 Å². The van der Waals surface area contributed by atoms with Gasteiger partial charge in [-0.05, 0) is 30.3 Å². The van der Waals surface area contributed by atoms with Crippen molar-refractivity contribution in [2.45, 2.75) is 0 Å². The standard InChI is InChI=1S/C18H14N4O3S/c1-24-13-5-6-14(25-2)16-15(13)21-18(26-16)22-17(23)10-3-4-11-12(9-10)20-8-7-19-11/h3-9H,1-2H3,(H,21,22,23). The third-order valence-electron chi connectivity index (χ3n) is 3.86. The highest BCUT2D eigenvalue weighted by atomic mass is 32.1. The summed E-state index contributed by atoms with van der Waals surface area (Å²) in [6.45, 7) is 0. The number of carbonyl (C=O) groups is 1. The van der Waals surface area contributed by atoms with Crippen LogP contribution in [-0.2, 0) is 0 Å². The molecule has 0 bridgehead atoms.